The molecule has 0 amide bonds. The van der Waals surface area contributed by atoms with Gasteiger partial charge in [0.15, 0.2) is 6.61 Å². The summed E-state index contributed by atoms with van der Waals surface area (Å²) in [6.45, 7) is 2.76. The number of hydrogen-bond donors (Lipinski definition) is 0. The molecule has 0 saturated heterocycles. The van der Waals surface area contributed by atoms with Crippen LogP contribution in [0.1, 0.15) is 20.1 Å². The van der Waals surface area contributed by atoms with Gasteiger partial charge in [0.1, 0.15) is 18.1 Å². The summed E-state index contributed by atoms with van der Waals surface area (Å²) in [5.41, 5.74) is -1.07. The minimum Gasteiger partial charge on any atom is -0.480 e. The Morgan fingerprint density at radius 2 is 1.76 bits per heavy atom. The van der Waals surface area contributed by atoms with Gasteiger partial charge in [-0.3, -0.25) is 9.36 Å². The van der Waals surface area contributed by atoms with Crippen LogP contribution in [0, 0.1) is 5.41 Å². The molecule has 0 spiro atoms. The number of ether oxygens (including phenoxy) is 3. The van der Waals surface area contributed by atoms with Crippen molar-refractivity contribution < 1.29 is 23.8 Å². The van der Waals surface area contributed by atoms with Crippen LogP contribution < -0.4 is 9.47 Å². The van der Waals surface area contributed by atoms with Crippen molar-refractivity contribution in [1.29, 1.82) is 0 Å². The van der Waals surface area contributed by atoms with Gasteiger partial charge in [0, 0.05) is 22.4 Å². The van der Waals surface area contributed by atoms with Gasteiger partial charge in [-0.1, -0.05) is 34.8 Å². The Bertz CT molecular complexity index is 1100. The molecule has 0 N–H and O–H groups in total. The lowest BCUT2D eigenvalue weighted by Crippen LogP contribution is -2.39. The van der Waals surface area contributed by atoms with Gasteiger partial charge in [-0.05, 0) is 56.3 Å². The molecule has 1 aromatic heterocycles. The quantitative estimate of drug-likeness (QED) is 0.328. The predicted octanol–water partition coefficient (Wildman–Crippen LogP) is 5.64. The lowest BCUT2D eigenvalue weighted by atomic mass is 9.88. The van der Waals surface area contributed by atoms with Crippen molar-refractivity contribution >= 4 is 46.6 Å². The molecule has 3 aromatic rings. The molecule has 0 fully saturated rings. The minimum absolute atomic E-state index is 0.183. The number of halogens is 3. The summed E-state index contributed by atoms with van der Waals surface area (Å²) >= 11 is 17.8. The number of aromatic nitrogens is 2. The van der Waals surface area contributed by atoms with Gasteiger partial charge >= 0.3 is 5.97 Å². The Kier molecular flexibility index (Phi) is 8.24. The largest absolute Gasteiger partial charge is 0.480 e. The zero-order valence-electron chi connectivity index (χ0n) is 17.8. The van der Waals surface area contributed by atoms with Crippen LogP contribution in [0.15, 0.2) is 61.2 Å². The van der Waals surface area contributed by atoms with Crippen LogP contribution in [0.5, 0.6) is 11.5 Å². The Labute approximate surface area is 206 Å². The molecule has 2 aromatic carbocycles. The molecule has 1 unspecified atom stereocenters. The zero-order valence-corrected chi connectivity index (χ0v) is 20.1. The van der Waals surface area contributed by atoms with Crippen LogP contribution >= 0.6 is 34.8 Å². The fourth-order valence-corrected chi connectivity index (χ4v) is 3.33. The van der Waals surface area contributed by atoms with Gasteiger partial charge in [-0.2, -0.15) is 0 Å². The highest BCUT2D eigenvalue weighted by atomic mass is 35.5. The number of hydrogen-bond acceptors (Lipinski definition) is 6. The van der Waals surface area contributed by atoms with Crippen molar-refractivity contribution in [3.8, 4) is 11.5 Å². The van der Waals surface area contributed by atoms with Crippen molar-refractivity contribution in [3.05, 3.63) is 76.3 Å². The van der Waals surface area contributed by atoms with Gasteiger partial charge < -0.3 is 14.2 Å². The number of esters is 1. The SMILES string of the molecule is CC(C)(COC(=O)COc1ccc(Cl)cc1Cl)C(=O)C(Oc1ccc(Cl)cc1)n1ccnc1. The first kappa shape index (κ1) is 24.9. The van der Waals surface area contributed by atoms with Crippen molar-refractivity contribution in [3.63, 3.8) is 0 Å². The second-order valence-corrected chi connectivity index (χ2v) is 8.99. The number of nitrogens with zero attached hydrogens (tertiary/aromatic N) is 2. The van der Waals surface area contributed by atoms with E-state index in [1.807, 2.05) is 0 Å². The summed E-state index contributed by atoms with van der Waals surface area (Å²) in [6.07, 6.45) is 3.61. The lowest BCUT2D eigenvalue weighted by Gasteiger charge is -2.28. The maximum atomic E-state index is 13.4. The number of Topliss-reactive ketones (excluding diaryl/α,β-unsaturated/α-hetero) is 1. The highest BCUT2D eigenvalue weighted by molar-refractivity contribution is 6.35. The van der Waals surface area contributed by atoms with Crippen LogP contribution in [-0.4, -0.2) is 34.5 Å². The van der Waals surface area contributed by atoms with E-state index in [0.717, 1.165) is 0 Å². The molecule has 33 heavy (non-hydrogen) atoms. The molecule has 10 heteroatoms. The first-order valence-corrected chi connectivity index (χ1v) is 11.0. The summed E-state index contributed by atoms with van der Waals surface area (Å²) in [6, 6.07) is 11.3. The van der Waals surface area contributed by atoms with Gasteiger partial charge in [0.25, 0.3) is 0 Å². The summed E-state index contributed by atoms with van der Waals surface area (Å²) in [5, 5.41) is 1.26. The van der Waals surface area contributed by atoms with E-state index in [-0.39, 0.29) is 24.0 Å². The maximum Gasteiger partial charge on any atom is 0.344 e. The number of rotatable bonds is 10. The van der Waals surface area contributed by atoms with E-state index < -0.39 is 17.6 Å². The summed E-state index contributed by atoms with van der Waals surface area (Å²) < 4.78 is 18.1. The summed E-state index contributed by atoms with van der Waals surface area (Å²) in [5.74, 6) is -0.220. The van der Waals surface area contributed by atoms with Crippen LogP contribution in [0.4, 0.5) is 0 Å². The molecule has 0 aliphatic carbocycles. The summed E-state index contributed by atoms with van der Waals surface area (Å²) in [4.78, 5) is 29.5. The molecular formula is C23H21Cl3N2O5. The van der Waals surface area contributed by atoms with E-state index in [1.54, 1.807) is 56.4 Å². The number of carbonyl (C=O) groups is 2. The van der Waals surface area contributed by atoms with E-state index >= 15 is 0 Å². The Morgan fingerprint density at radius 1 is 1.06 bits per heavy atom. The Morgan fingerprint density at radius 3 is 2.39 bits per heavy atom. The molecule has 3 rings (SSSR count). The van der Waals surface area contributed by atoms with Crippen molar-refractivity contribution in [1.82, 2.24) is 9.55 Å². The van der Waals surface area contributed by atoms with E-state index in [4.69, 9.17) is 49.0 Å². The third-order valence-electron chi connectivity index (χ3n) is 4.58. The Balaban J connectivity index is 1.63. The topological polar surface area (TPSA) is 79.6 Å². The molecule has 0 bridgehead atoms. The molecule has 0 aliphatic heterocycles. The number of carbonyl (C=O) groups excluding carboxylic acids is 2. The molecule has 0 aliphatic rings. The smallest absolute Gasteiger partial charge is 0.344 e. The number of ketones is 1. The molecule has 174 valence electrons. The van der Waals surface area contributed by atoms with Crippen LogP contribution in [0.2, 0.25) is 15.1 Å². The second-order valence-electron chi connectivity index (χ2n) is 7.71. The standard InChI is InChI=1S/C23H21Cl3N2O5/c1-23(2,13-32-20(29)12-31-19-8-5-16(25)11-18(19)26)21(30)22(28-10-9-27-14-28)33-17-6-3-15(24)4-7-17/h3-11,14,22H,12-13H2,1-2H3. The monoisotopic (exact) mass is 510 g/mol. The van der Waals surface area contributed by atoms with Gasteiger partial charge in [0.05, 0.1) is 16.8 Å². The second kappa shape index (κ2) is 10.9. The molecule has 0 saturated carbocycles. The van der Waals surface area contributed by atoms with E-state index in [1.165, 1.54) is 23.2 Å². The molecule has 1 heterocycles. The highest BCUT2D eigenvalue weighted by Gasteiger charge is 2.37. The first-order valence-electron chi connectivity index (χ1n) is 9.83. The molecule has 7 nitrogen and oxygen atoms in total. The third-order valence-corrected chi connectivity index (χ3v) is 5.36. The van der Waals surface area contributed by atoms with Gasteiger partial charge in [-0.15, -0.1) is 0 Å². The fourth-order valence-electron chi connectivity index (χ4n) is 2.74. The van der Waals surface area contributed by atoms with E-state index in [0.29, 0.717) is 21.5 Å². The third kappa shape index (κ3) is 6.87. The number of imidazole rings is 1. The fraction of sp³-hybridized carbons (Fsp3) is 0.261. The normalized spacial score (nSPS) is 12.2. The molecule has 0 radical (unpaired) electrons. The average molecular weight is 512 g/mol. The van der Waals surface area contributed by atoms with Crippen molar-refractivity contribution in [2.75, 3.05) is 13.2 Å². The first-order chi connectivity index (χ1) is 15.7. The maximum absolute atomic E-state index is 13.4. The van der Waals surface area contributed by atoms with Crippen molar-refractivity contribution in [2.24, 2.45) is 5.41 Å². The molecular weight excluding hydrogens is 491 g/mol. The highest BCUT2D eigenvalue weighted by Crippen LogP contribution is 2.29. The lowest BCUT2D eigenvalue weighted by molar-refractivity contribution is -0.154. The van der Waals surface area contributed by atoms with Crippen LogP contribution in [0.25, 0.3) is 0 Å². The predicted molar refractivity (Wildman–Crippen MR) is 125 cm³/mol. The number of benzene rings is 2. The van der Waals surface area contributed by atoms with Crippen LogP contribution in [0.3, 0.4) is 0 Å². The Hall–Kier alpha value is -2.74. The van der Waals surface area contributed by atoms with E-state index in [2.05, 4.69) is 4.98 Å². The van der Waals surface area contributed by atoms with Gasteiger partial charge in [-0.25, -0.2) is 9.78 Å². The van der Waals surface area contributed by atoms with Gasteiger partial charge in [0.2, 0.25) is 12.0 Å². The molecule has 1 atom stereocenters. The summed E-state index contributed by atoms with van der Waals surface area (Å²) in [7, 11) is 0. The van der Waals surface area contributed by atoms with E-state index in [9.17, 15) is 9.59 Å². The average Bonchev–Trinajstić information content (AvgIpc) is 3.31. The minimum atomic E-state index is -1.07. The zero-order chi connectivity index (χ0) is 24.0. The van der Waals surface area contributed by atoms with Crippen molar-refractivity contribution in [2.45, 2.75) is 20.1 Å². The van der Waals surface area contributed by atoms with Crippen LogP contribution in [-0.2, 0) is 14.3 Å².